The average Bonchev–Trinajstić information content (AvgIpc) is 2.97. The van der Waals surface area contributed by atoms with Crippen molar-refractivity contribution in [2.24, 2.45) is 0 Å². The Balaban J connectivity index is 1.94. The Morgan fingerprint density at radius 3 is 2.78 bits per heavy atom. The minimum absolute atomic E-state index is 0.00639. The van der Waals surface area contributed by atoms with E-state index in [4.69, 9.17) is 4.42 Å². The van der Waals surface area contributed by atoms with Gasteiger partial charge in [0, 0.05) is 6.08 Å². The summed E-state index contributed by atoms with van der Waals surface area (Å²) in [5.41, 5.74) is -0.416. The van der Waals surface area contributed by atoms with Crippen LogP contribution in [0.4, 0.5) is 0 Å². The molecule has 4 heteroatoms. The Hall–Kier alpha value is -1.55. The first kappa shape index (κ1) is 12.9. The van der Waals surface area contributed by atoms with E-state index in [1.807, 2.05) is 19.1 Å². The number of nitrogens with one attached hydrogen (secondary N) is 1. The number of carbonyl (C=O) groups is 1. The summed E-state index contributed by atoms with van der Waals surface area (Å²) in [5.74, 6) is 1.30. The summed E-state index contributed by atoms with van der Waals surface area (Å²) in [6, 6.07) is 3.67. The van der Waals surface area contributed by atoms with Gasteiger partial charge in [0.25, 0.3) is 0 Å². The van der Waals surface area contributed by atoms with E-state index >= 15 is 0 Å². The molecule has 0 atom stereocenters. The molecule has 1 saturated carbocycles. The van der Waals surface area contributed by atoms with E-state index in [2.05, 4.69) is 5.32 Å². The minimum atomic E-state index is -0.416. The standard InChI is InChI=1S/C14H19NO3/c1-11-4-5-12(18-11)6-7-13(17)15-14(10-16)8-2-3-9-14/h4-7,16H,2-3,8-10H2,1H3,(H,15,17). The lowest BCUT2D eigenvalue weighted by Crippen LogP contribution is -2.48. The molecule has 1 aromatic heterocycles. The number of aryl methyl sites for hydroxylation is 1. The fourth-order valence-corrected chi connectivity index (χ4v) is 2.38. The van der Waals surface area contributed by atoms with E-state index in [0.717, 1.165) is 31.4 Å². The van der Waals surface area contributed by atoms with Crippen molar-refractivity contribution in [1.82, 2.24) is 5.32 Å². The Labute approximate surface area is 107 Å². The quantitative estimate of drug-likeness (QED) is 0.802. The number of amides is 1. The van der Waals surface area contributed by atoms with Crippen molar-refractivity contribution in [3.05, 3.63) is 29.7 Å². The molecule has 0 aliphatic heterocycles. The van der Waals surface area contributed by atoms with Crippen molar-refractivity contribution in [3.63, 3.8) is 0 Å². The molecule has 0 radical (unpaired) electrons. The molecule has 2 rings (SSSR count). The SMILES string of the molecule is Cc1ccc(C=CC(=O)NC2(CO)CCCC2)o1. The first-order valence-electron chi connectivity index (χ1n) is 6.31. The molecule has 1 fully saturated rings. The third-order valence-corrected chi connectivity index (χ3v) is 3.41. The van der Waals surface area contributed by atoms with Crippen LogP contribution < -0.4 is 5.32 Å². The number of rotatable bonds is 4. The van der Waals surface area contributed by atoms with E-state index in [1.54, 1.807) is 6.08 Å². The van der Waals surface area contributed by atoms with Gasteiger partial charge in [-0.1, -0.05) is 12.8 Å². The molecule has 0 unspecified atom stereocenters. The second-order valence-electron chi connectivity index (χ2n) is 4.92. The molecule has 1 amide bonds. The maximum absolute atomic E-state index is 11.8. The molecule has 0 saturated heterocycles. The number of carbonyl (C=O) groups excluding carboxylic acids is 1. The van der Waals surface area contributed by atoms with Crippen molar-refractivity contribution >= 4 is 12.0 Å². The maximum Gasteiger partial charge on any atom is 0.244 e. The summed E-state index contributed by atoms with van der Waals surface area (Å²) in [5, 5.41) is 12.3. The van der Waals surface area contributed by atoms with Crippen LogP contribution in [0.2, 0.25) is 0 Å². The predicted octanol–water partition coefficient (Wildman–Crippen LogP) is 2.02. The van der Waals surface area contributed by atoms with Crippen LogP contribution in [0.3, 0.4) is 0 Å². The van der Waals surface area contributed by atoms with Gasteiger partial charge >= 0.3 is 0 Å². The molecule has 98 valence electrons. The second kappa shape index (κ2) is 5.40. The topological polar surface area (TPSA) is 62.5 Å². The zero-order chi connectivity index (χ0) is 13.0. The van der Waals surface area contributed by atoms with Crippen molar-refractivity contribution in [1.29, 1.82) is 0 Å². The van der Waals surface area contributed by atoms with Gasteiger partial charge in [-0.25, -0.2) is 0 Å². The van der Waals surface area contributed by atoms with E-state index < -0.39 is 5.54 Å². The van der Waals surface area contributed by atoms with Gasteiger partial charge in [-0.2, -0.15) is 0 Å². The summed E-state index contributed by atoms with van der Waals surface area (Å²) in [6.45, 7) is 1.86. The van der Waals surface area contributed by atoms with Gasteiger partial charge in [-0.05, 0) is 38.0 Å². The lowest BCUT2D eigenvalue weighted by Gasteiger charge is -2.27. The highest BCUT2D eigenvalue weighted by Gasteiger charge is 2.33. The lowest BCUT2D eigenvalue weighted by atomic mass is 9.99. The average molecular weight is 249 g/mol. The number of hydrogen-bond acceptors (Lipinski definition) is 3. The minimum Gasteiger partial charge on any atom is -0.462 e. The third kappa shape index (κ3) is 3.01. The molecule has 1 aromatic rings. The van der Waals surface area contributed by atoms with Gasteiger partial charge in [0.1, 0.15) is 11.5 Å². The van der Waals surface area contributed by atoms with Gasteiger partial charge in [0.15, 0.2) is 0 Å². The fraction of sp³-hybridized carbons (Fsp3) is 0.500. The Morgan fingerprint density at radius 1 is 1.50 bits per heavy atom. The summed E-state index contributed by atoms with van der Waals surface area (Å²) in [4.78, 5) is 11.8. The Morgan fingerprint density at radius 2 is 2.22 bits per heavy atom. The van der Waals surface area contributed by atoms with E-state index in [9.17, 15) is 9.90 Å². The summed E-state index contributed by atoms with van der Waals surface area (Å²) in [7, 11) is 0. The third-order valence-electron chi connectivity index (χ3n) is 3.41. The van der Waals surface area contributed by atoms with Gasteiger partial charge in [0.05, 0.1) is 12.1 Å². The van der Waals surface area contributed by atoms with Crippen LogP contribution >= 0.6 is 0 Å². The highest BCUT2D eigenvalue weighted by molar-refractivity contribution is 5.91. The van der Waals surface area contributed by atoms with Crippen molar-refractivity contribution in [2.45, 2.75) is 38.1 Å². The maximum atomic E-state index is 11.8. The normalized spacial score (nSPS) is 18.3. The number of furan rings is 1. The van der Waals surface area contributed by atoms with E-state index in [-0.39, 0.29) is 12.5 Å². The molecular weight excluding hydrogens is 230 g/mol. The summed E-state index contributed by atoms with van der Waals surface area (Å²) in [6.07, 6.45) is 6.91. The van der Waals surface area contributed by atoms with E-state index in [1.165, 1.54) is 6.08 Å². The van der Waals surface area contributed by atoms with Crippen LogP contribution in [0.15, 0.2) is 22.6 Å². The van der Waals surface area contributed by atoms with Gasteiger partial charge in [-0.3, -0.25) is 4.79 Å². The first-order valence-corrected chi connectivity index (χ1v) is 6.31. The van der Waals surface area contributed by atoms with Gasteiger partial charge < -0.3 is 14.8 Å². The zero-order valence-electron chi connectivity index (χ0n) is 10.6. The van der Waals surface area contributed by atoms with Crippen molar-refractivity contribution < 1.29 is 14.3 Å². The van der Waals surface area contributed by atoms with Crippen LogP contribution in [0.1, 0.15) is 37.2 Å². The predicted molar refractivity (Wildman–Crippen MR) is 68.9 cm³/mol. The van der Waals surface area contributed by atoms with Crippen LogP contribution in [0.5, 0.6) is 0 Å². The smallest absolute Gasteiger partial charge is 0.244 e. The molecule has 1 aliphatic rings. The number of hydrogen-bond donors (Lipinski definition) is 2. The van der Waals surface area contributed by atoms with Crippen LogP contribution in [-0.2, 0) is 4.79 Å². The molecule has 0 aromatic carbocycles. The fourth-order valence-electron chi connectivity index (χ4n) is 2.38. The molecule has 0 spiro atoms. The molecule has 2 N–H and O–H groups in total. The molecule has 1 heterocycles. The Bertz CT molecular complexity index is 442. The molecule has 0 bridgehead atoms. The van der Waals surface area contributed by atoms with E-state index in [0.29, 0.717) is 5.76 Å². The largest absolute Gasteiger partial charge is 0.462 e. The number of aliphatic hydroxyl groups excluding tert-OH is 1. The lowest BCUT2D eigenvalue weighted by molar-refractivity contribution is -0.118. The monoisotopic (exact) mass is 249 g/mol. The Kier molecular flexibility index (Phi) is 3.87. The van der Waals surface area contributed by atoms with Gasteiger partial charge in [0.2, 0.25) is 5.91 Å². The highest BCUT2D eigenvalue weighted by atomic mass is 16.3. The van der Waals surface area contributed by atoms with Crippen LogP contribution in [-0.4, -0.2) is 23.2 Å². The molecule has 1 aliphatic carbocycles. The molecular formula is C14H19NO3. The van der Waals surface area contributed by atoms with Crippen molar-refractivity contribution in [2.75, 3.05) is 6.61 Å². The molecule has 4 nitrogen and oxygen atoms in total. The summed E-state index contributed by atoms with van der Waals surface area (Å²) >= 11 is 0. The van der Waals surface area contributed by atoms with Crippen molar-refractivity contribution in [3.8, 4) is 0 Å². The summed E-state index contributed by atoms with van der Waals surface area (Å²) < 4.78 is 5.34. The van der Waals surface area contributed by atoms with Gasteiger partial charge in [-0.15, -0.1) is 0 Å². The van der Waals surface area contributed by atoms with Crippen LogP contribution in [0, 0.1) is 6.92 Å². The first-order chi connectivity index (χ1) is 8.63. The zero-order valence-corrected chi connectivity index (χ0v) is 10.6. The molecule has 18 heavy (non-hydrogen) atoms. The second-order valence-corrected chi connectivity index (χ2v) is 4.92. The van der Waals surface area contributed by atoms with Crippen LogP contribution in [0.25, 0.3) is 6.08 Å². The highest BCUT2D eigenvalue weighted by Crippen LogP contribution is 2.29. The number of aliphatic hydroxyl groups is 1.